The van der Waals surface area contributed by atoms with E-state index in [9.17, 15) is 0 Å². The summed E-state index contributed by atoms with van der Waals surface area (Å²) in [6, 6.07) is 0. The molecule has 0 bridgehead atoms. The Morgan fingerprint density at radius 2 is 1.91 bits per heavy atom. The molecule has 2 unspecified atom stereocenters. The van der Waals surface area contributed by atoms with Crippen molar-refractivity contribution in [3.05, 3.63) is 11.8 Å². The monoisotopic (exact) mass is 153 g/mol. The first-order valence-electron chi connectivity index (χ1n) is 4.47. The summed E-state index contributed by atoms with van der Waals surface area (Å²) in [5.41, 5.74) is 1.51. The van der Waals surface area contributed by atoms with Crippen molar-refractivity contribution < 1.29 is 0 Å². The van der Waals surface area contributed by atoms with Crippen molar-refractivity contribution in [2.75, 3.05) is 14.1 Å². The first-order valence-corrected chi connectivity index (χ1v) is 4.47. The van der Waals surface area contributed by atoms with Crippen LogP contribution in [0.1, 0.15) is 26.7 Å². The Labute approximate surface area is 70.1 Å². The molecule has 0 aromatic heterocycles. The largest absolute Gasteiger partial charge is 0.381 e. The molecule has 1 nitrogen and oxygen atoms in total. The van der Waals surface area contributed by atoms with Crippen LogP contribution in [0.4, 0.5) is 0 Å². The molecule has 0 amide bonds. The van der Waals surface area contributed by atoms with Gasteiger partial charge in [0.25, 0.3) is 0 Å². The highest BCUT2D eigenvalue weighted by atomic mass is 15.1. The molecule has 1 aliphatic rings. The van der Waals surface area contributed by atoms with Gasteiger partial charge in [-0.25, -0.2) is 0 Å². The first-order chi connectivity index (χ1) is 5.11. The van der Waals surface area contributed by atoms with Crippen LogP contribution in [0.15, 0.2) is 11.8 Å². The molecule has 0 fully saturated rings. The van der Waals surface area contributed by atoms with E-state index in [-0.39, 0.29) is 0 Å². The Morgan fingerprint density at radius 3 is 2.36 bits per heavy atom. The summed E-state index contributed by atoms with van der Waals surface area (Å²) in [7, 11) is 4.27. The summed E-state index contributed by atoms with van der Waals surface area (Å²) < 4.78 is 0. The van der Waals surface area contributed by atoms with Gasteiger partial charge in [-0.15, -0.1) is 0 Å². The number of allylic oxidation sites excluding steroid dienone is 2. The first kappa shape index (κ1) is 8.63. The van der Waals surface area contributed by atoms with Crippen molar-refractivity contribution in [1.29, 1.82) is 0 Å². The Bertz CT molecular complexity index is 158. The molecular weight excluding hydrogens is 134 g/mol. The molecule has 11 heavy (non-hydrogen) atoms. The molecule has 2 atom stereocenters. The minimum atomic E-state index is 0.859. The normalized spacial score (nSPS) is 31.5. The summed E-state index contributed by atoms with van der Waals surface area (Å²) >= 11 is 0. The van der Waals surface area contributed by atoms with Gasteiger partial charge in [-0.1, -0.05) is 19.9 Å². The van der Waals surface area contributed by atoms with Gasteiger partial charge >= 0.3 is 0 Å². The van der Waals surface area contributed by atoms with E-state index in [1.54, 1.807) is 0 Å². The van der Waals surface area contributed by atoms with Crippen molar-refractivity contribution >= 4 is 0 Å². The second kappa shape index (κ2) is 3.29. The summed E-state index contributed by atoms with van der Waals surface area (Å²) in [5, 5.41) is 0. The summed E-state index contributed by atoms with van der Waals surface area (Å²) in [6.07, 6.45) is 4.90. The molecule has 1 heteroatoms. The molecule has 64 valence electrons. The Kier molecular flexibility index (Phi) is 2.58. The van der Waals surface area contributed by atoms with Gasteiger partial charge in [-0.3, -0.25) is 0 Å². The minimum Gasteiger partial charge on any atom is -0.381 e. The van der Waals surface area contributed by atoms with E-state index in [4.69, 9.17) is 0 Å². The van der Waals surface area contributed by atoms with E-state index >= 15 is 0 Å². The predicted molar refractivity (Wildman–Crippen MR) is 49.3 cm³/mol. The highest BCUT2D eigenvalue weighted by Gasteiger charge is 2.18. The van der Waals surface area contributed by atoms with Crippen molar-refractivity contribution in [3.63, 3.8) is 0 Å². The zero-order chi connectivity index (χ0) is 8.43. The van der Waals surface area contributed by atoms with Gasteiger partial charge in [0.05, 0.1) is 0 Å². The van der Waals surface area contributed by atoms with E-state index in [2.05, 4.69) is 38.9 Å². The van der Waals surface area contributed by atoms with Gasteiger partial charge in [0.1, 0.15) is 0 Å². The number of hydrogen-bond acceptors (Lipinski definition) is 1. The van der Waals surface area contributed by atoms with Crippen LogP contribution in [0.3, 0.4) is 0 Å². The van der Waals surface area contributed by atoms with Gasteiger partial charge in [0, 0.05) is 19.8 Å². The molecule has 0 spiro atoms. The molecule has 0 N–H and O–H groups in total. The summed E-state index contributed by atoms with van der Waals surface area (Å²) in [4.78, 5) is 2.24. The molecule has 0 saturated heterocycles. The fraction of sp³-hybridized carbons (Fsp3) is 0.800. The van der Waals surface area contributed by atoms with E-state index in [1.807, 2.05) is 0 Å². The molecule has 1 aliphatic carbocycles. The fourth-order valence-electron chi connectivity index (χ4n) is 1.53. The molecular formula is C10H19N. The molecule has 0 radical (unpaired) electrons. The van der Waals surface area contributed by atoms with Crippen LogP contribution in [0.5, 0.6) is 0 Å². The van der Waals surface area contributed by atoms with Gasteiger partial charge in [0.2, 0.25) is 0 Å². The maximum atomic E-state index is 2.38. The van der Waals surface area contributed by atoms with E-state index in [1.165, 1.54) is 18.5 Å². The molecule has 0 heterocycles. The zero-order valence-electron chi connectivity index (χ0n) is 8.09. The number of rotatable bonds is 1. The van der Waals surface area contributed by atoms with Crippen LogP contribution in [0.25, 0.3) is 0 Å². The molecule has 0 saturated carbocycles. The average Bonchev–Trinajstić information content (AvgIpc) is 1.94. The third kappa shape index (κ3) is 1.98. The van der Waals surface area contributed by atoms with Crippen LogP contribution < -0.4 is 0 Å². The van der Waals surface area contributed by atoms with Crippen molar-refractivity contribution in [2.45, 2.75) is 26.7 Å². The maximum Gasteiger partial charge on any atom is 0.00898 e. The van der Waals surface area contributed by atoms with Gasteiger partial charge in [-0.2, -0.15) is 0 Å². The van der Waals surface area contributed by atoms with E-state index in [0.717, 1.165) is 11.8 Å². The predicted octanol–water partition coefficient (Wildman–Crippen LogP) is 2.50. The van der Waals surface area contributed by atoms with Crippen molar-refractivity contribution in [3.8, 4) is 0 Å². The van der Waals surface area contributed by atoms with Crippen LogP contribution in [-0.4, -0.2) is 19.0 Å². The lowest BCUT2D eigenvalue weighted by atomic mass is 9.84. The summed E-state index contributed by atoms with van der Waals surface area (Å²) in [5.74, 6) is 1.73. The molecule has 0 aliphatic heterocycles. The smallest absolute Gasteiger partial charge is 0.00898 e. The lowest BCUT2D eigenvalue weighted by molar-refractivity contribution is 0.325. The van der Waals surface area contributed by atoms with Crippen LogP contribution in [0, 0.1) is 11.8 Å². The SMILES string of the molecule is CC1CC=C(N(C)C)CC1C. The fourth-order valence-corrected chi connectivity index (χ4v) is 1.53. The second-order valence-corrected chi connectivity index (χ2v) is 3.98. The van der Waals surface area contributed by atoms with Crippen molar-refractivity contribution in [2.24, 2.45) is 11.8 Å². The van der Waals surface area contributed by atoms with Gasteiger partial charge in [0.15, 0.2) is 0 Å². The second-order valence-electron chi connectivity index (χ2n) is 3.98. The molecule has 1 rings (SSSR count). The highest BCUT2D eigenvalue weighted by molar-refractivity contribution is 5.05. The van der Waals surface area contributed by atoms with E-state index in [0.29, 0.717) is 0 Å². The quantitative estimate of drug-likeness (QED) is 0.559. The summed E-state index contributed by atoms with van der Waals surface area (Å²) in [6.45, 7) is 4.69. The third-order valence-corrected chi connectivity index (χ3v) is 2.80. The number of hydrogen-bond donors (Lipinski definition) is 0. The van der Waals surface area contributed by atoms with E-state index < -0.39 is 0 Å². The highest BCUT2D eigenvalue weighted by Crippen LogP contribution is 2.29. The van der Waals surface area contributed by atoms with Crippen LogP contribution in [0.2, 0.25) is 0 Å². The Hall–Kier alpha value is -0.460. The molecule has 0 aromatic rings. The Balaban J connectivity index is 2.59. The van der Waals surface area contributed by atoms with Crippen LogP contribution >= 0.6 is 0 Å². The van der Waals surface area contributed by atoms with Crippen LogP contribution in [-0.2, 0) is 0 Å². The maximum absolute atomic E-state index is 2.38. The van der Waals surface area contributed by atoms with Gasteiger partial charge < -0.3 is 4.90 Å². The minimum absolute atomic E-state index is 0.859. The third-order valence-electron chi connectivity index (χ3n) is 2.80. The lowest BCUT2D eigenvalue weighted by Crippen LogP contribution is -2.21. The van der Waals surface area contributed by atoms with Crippen molar-refractivity contribution in [1.82, 2.24) is 4.90 Å². The topological polar surface area (TPSA) is 3.24 Å². The lowest BCUT2D eigenvalue weighted by Gasteiger charge is -2.29. The molecule has 0 aromatic carbocycles. The average molecular weight is 153 g/mol. The number of nitrogens with zero attached hydrogens (tertiary/aromatic N) is 1. The van der Waals surface area contributed by atoms with Gasteiger partial charge in [-0.05, 0) is 24.7 Å². The zero-order valence-corrected chi connectivity index (χ0v) is 8.09. The standard InChI is InChI=1S/C10H19N/c1-8-5-6-10(11(3)4)7-9(8)2/h6,8-9H,5,7H2,1-4H3. The Morgan fingerprint density at radius 1 is 1.27 bits per heavy atom.